The zero-order valence-electron chi connectivity index (χ0n) is 18.3. The molecule has 184 valence electrons. The Kier molecular flexibility index (Phi) is 8.72. The van der Waals surface area contributed by atoms with Gasteiger partial charge in [-0.05, 0) is 31.2 Å². The maximum absolute atomic E-state index is 13.3. The molecule has 1 aliphatic heterocycles. The van der Waals surface area contributed by atoms with Crippen LogP contribution in [0.15, 0.2) is 54.9 Å². The zero-order valence-corrected chi connectivity index (χ0v) is 19.2. The van der Waals surface area contributed by atoms with E-state index in [9.17, 15) is 24.4 Å². The molecular formula is C21H25N2O10P. The lowest BCUT2D eigenvalue weighted by atomic mass is 10.1. The molecule has 1 aliphatic rings. The van der Waals surface area contributed by atoms with Crippen LogP contribution < -0.4 is 9.61 Å². The van der Waals surface area contributed by atoms with Gasteiger partial charge in [-0.2, -0.15) is 5.09 Å². The highest BCUT2D eigenvalue weighted by Crippen LogP contribution is 2.45. The van der Waals surface area contributed by atoms with E-state index >= 15 is 0 Å². The predicted molar refractivity (Wildman–Crippen MR) is 116 cm³/mol. The summed E-state index contributed by atoms with van der Waals surface area (Å²) in [5.41, 5.74) is 0.120. The summed E-state index contributed by atoms with van der Waals surface area (Å²) in [6.45, 7) is 0.860. The number of ether oxygens (including phenoxy) is 3. The SMILES string of the molecule is COC(=O)C(C)N[P@](=O)(OC[C@H]1O[C@@H](OC(=O)c2cccnc2)[C@H](O)[C@@H]1O)Oc1ccccc1. The van der Waals surface area contributed by atoms with Gasteiger partial charge in [0.1, 0.15) is 30.1 Å². The number of nitrogens with zero attached hydrogens (tertiary/aromatic N) is 1. The van der Waals surface area contributed by atoms with Crippen LogP contribution in [0.1, 0.15) is 17.3 Å². The fourth-order valence-corrected chi connectivity index (χ4v) is 4.46. The molecule has 0 bridgehead atoms. The maximum Gasteiger partial charge on any atom is 0.459 e. The minimum absolute atomic E-state index is 0.120. The van der Waals surface area contributed by atoms with Crippen LogP contribution in [0.3, 0.4) is 0 Å². The van der Waals surface area contributed by atoms with Gasteiger partial charge in [-0.15, -0.1) is 0 Å². The first-order chi connectivity index (χ1) is 16.2. The van der Waals surface area contributed by atoms with Crippen LogP contribution in [0, 0.1) is 0 Å². The Hall–Kier alpha value is -2.86. The van der Waals surface area contributed by atoms with Crippen LogP contribution >= 0.6 is 7.75 Å². The number of para-hydroxylation sites is 1. The highest BCUT2D eigenvalue weighted by molar-refractivity contribution is 7.52. The van der Waals surface area contributed by atoms with Crippen LogP contribution in [0.25, 0.3) is 0 Å². The molecule has 0 spiro atoms. The molecular weight excluding hydrogens is 471 g/mol. The van der Waals surface area contributed by atoms with Crippen molar-refractivity contribution in [2.45, 2.75) is 37.6 Å². The normalized spacial score (nSPS) is 24.6. The fourth-order valence-electron chi connectivity index (χ4n) is 2.95. The molecule has 2 heterocycles. The van der Waals surface area contributed by atoms with Crippen LogP contribution in [0.2, 0.25) is 0 Å². The summed E-state index contributed by atoms with van der Waals surface area (Å²) in [5, 5.41) is 23.0. The van der Waals surface area contributed by atoms with Gasteiger partial charge in [0.15, 0.2) is 0 Å². The van der Waals surface area contributed by atoms with E-state index in [4.69, 9.17) is 18.5 Å². The molecule has 6 atom stereocenters. The van der Waals surface area contributed by atoms with E-state index in [1.807, 2.05) is 0 Å². The summed E-state index contributed by atoms with van der Waals surface area (Å²) in [5.74, 6) is -1.35. The number of benzene rings is 1. The topological polar surface area (TPSA) is 163 Å². The van der Waals surface area contributed by atoms with Crippen LogP contribution in [0.5, 0.6) is 5.75 Å². The van der Waals surface area contributed by atoms with Gasteiger partial charge in [-0.1, -0.05) is 18.2 Å². The first-order valence-corrected chi connectivity index (χ1v) is 11.7. The number of aliphatic hydroxyl groups excluding tert-OH is 2. The highest BCUT2D eigenvalue weighted by atomic mass is 31.2. The van der Waals surface area contributed by atoms with Crippen molar-refractivity contribution >= 4 is 19.7 Å². The lowest BCUT2D eigenvalue weighted by Crippen LogP contribution is -2.37. The van der Waals surface area contributed by atoms with Gasteiger partial charge in [0.2, 0.25) is 6.29 Å². The van der Waals surface area contributed by atoms with E-state index in [1.165, 1.54) is 50.7 Å². The van der Waals surface area contributed by atoms with Crippen molar-refractivity contribution in [2.75, 3.05) is 13.7 Å². The number of aromatic nitrogens is 1. The van der Waals surface area contributed by atoms with Crippen LogP contribution in [0.4, 0.5) is 0 Å². The Morgan fingerprint density at radius 2 is 1.91 bits per heavy atom. The Morgan fingerprint density at radius 1 is 1.18 bits per heavy atom. The predicted octanol–water partition coefficient (Wildman–Crippen LogP) is 1.04. The number of carbonyl (C=O) groups excluding carboxylic acids is 2. The molecule has 0 radical (unpaired) electrons. The van der Waals surface area contributed by atoms with Gasteiger partial charge in [0, 0.05) is 12.4 Å². The van der Waals surface area contributed by atoms with E-state index < -0.39 is 56.9 Å². The third kappa shape index (κ3) is 6.60. The number of esters is 2. The molecule has 3 rings (SSSR count). The third-order valence-electron chi connectivity index (χ3n) is 4.72. The molecule has 1 unspecified atom stereocenters. The second kappa shape index (κ2) is 11.5. The molecule has 1 aromatic carbocycles. The Bertz CT molecular complexity index is 1010. The second-order valence-electron chi connectivity index (χ2n) is 7.24. The average molecular weight is 496 g/mol. The summed E-state index contributed by atoms with van der Waals surface area (Å²) in [6, 6.07) is 9.99. The summed E-state index contributed by atoms with van der Waals surface area (Å²) in [7, 11) is -3.03. The monoisotopic (exact) mass is 496 g/mol. The number of pyridine rings is 1. The first kappa shape index (κ1) is 25.8. The summed E-state index contributed by atoms with van der Waals surface area (Å²) >= 11 is 0. The van der Waals surface area contributed by atoms with Crippen molar-refractivity contribution in [1.29, 1.82) is 0 Å². The van der Waals surface area contributed by atoms with Gasteiger partial charge in [-0.25, -0.2) is 9.36 Å². The van der Waals surface area contributed by atoms with E-state index in [2.05, 4.69) is 14.8 Å². The Labute approximate surface area is 195 Å². The van der Waals surface area contributed by atoms with E-state index in [-0.39, 0.29) is 11.3 Å². The molecule has 34 heavy (non-hydrogen) atoms. The van der Waals surface area contributed by atoms with Crippen molar-refractivity contribution in [1.82, 2.24) is 10.1 Å². The number of hydrogen-bond donors (Lipinski definition) is 3. The van der Waals surface area contributed by atoms with Gasteiger partial charge >= 0.3 is 19.7 Å². The second-order valence-corrected chi connectivity index (χ2v) is 8.94. The Balaban J connectivity index is 1.66. The van der Waals surface area contributed by atoms with Crippen molar-refractivity contribution < 1.29 is 47.6 Å². The lowest BCUT2D eigenvalue weighted by molar-refractivity contribution is -0.142. The van der Waals surface area contributed by atoms with E-state index in [0.717, 1.165) is 0 Å². The lowest BCUT2D eigenvalue weighted by Gasteiger charge is -2.24. The Morgan fingerprint density at radius 3 is 2.56 bits per heavy atom. The smallest absolute Gasteiger partial charge is 0.459 e. The number of nitrogens with one attached hydrogen (secondary N) is 1. The quantitative estimate of drug-likeness (QED) is 0.317. The van der Waals surface area contributed by atoms with Gasteiger partial charge < -0.3 is 28.9 Å². The number of carbonyl (C=O) groups is 2. The minimum Gasteiger partial charge on any atom is -0.468 e. The van der Waals surface area contributed by atoms with Gasteiger partial charge in [0.25, 0.3) is 0 Å². The number of aliphatic hydroxyl groups is 2. The molecule has 0 aliphatic carbocycles. The largest absolute Gasteiger partial charge is 0.468 e. The molecule has 2 aromatic rings. The molecule has 1 saturated heterocycles. The minimum atomic E-state index is -4.20. The molecule has 1 fully saturated rings. The number of rotatable bonds is 10. The van der Waals surface area contributed by atoms with Gasteiger partial charge in [-0.3, -0.25) is 14.3 Å². The zero-order chi connectivity index (χ0) is 24.7. The third-order valence-corrected chi connectivity index (χ3v) is 6.37. The van der Waals surface area contributed by atoms with E-state index in [0.29, 0.717) is 0 Å². The van der Waals surface area contributed by atoms with Gasteiger partial charge in [0.05, 0.1) is 19.3 Å². The van der Waals surface area contributed by atoms with Crippen molar-refractivity contribution in [2.24, 2.45) is 0 Å². The van der Waals surface area contributed by atoms with Crippen molar-refractivity contribution in [3.63, 3.8) is 0 Å². The summed E-state index contributed by atoms with van der Waals surface area (Å²) in [4.78, 5) is 27.8. The number of hydrogen-bond acceptors (Lipinski definition) is 11. The maximum atomic E-state index is 13.3. The van der Waals surface area contributed by atoms with Crippen LogP contribution in [-0.2, 0) is 28.1 Å². The van der Waals surface area contributed by atoms with Crippen molar-refractivity contribution in [3.05, 3.63) is 60.4 Å². The fraction of sp³-hybridized carbons (Fsp3) is 0.381. The molecule has 0 saturated carbocycles. The first-order valence-electron chi connectivity index (χ1n) is 10.2. The van der Waals surface area contributed by atoms with E-state index in [1.54, 1.807) is 18.2 Å². The number of methoxy groups -OCH3 is 1. The average Bonchev–Trinajstić information content (AvgIpc) is 3.11. The summed E-state index contributed by atoms with van der Waals surface area (Å²) < 4.78 is 39.4. The van der Waals surface area contributed by atoms with Crippen LogP contribution in [-0.4, -0.2) is 71.5 Å². The molecule has 13 heteroatoms. The summed E-state index contributed by atoms with van der Waals surface area (Å²) in [6.07, 6.45) is -3.12. The highest BCUT2D eigenvalue weighted by Gasteiger charge is 2.46. The molecule has 12 nitrogen and oxygen atoms in total. The van der Waals surface area contributed by atoms with Crippen molar-refractivity contribution in [3.8, 4) is 5.75 Å². The molecule has 3 N–H and O–H groups in total. The molecule has 0 amide bonds. The molecule has 1 aromatic heterocycles. The standard InChI is InChI=1S/C21H25N2O10P/c1-13(19(26)29-2)23-34(28,33-15-8-4-3-5-9-15)30-12-16-17(24)18(25)21(31-16)32-20(27)14-7-6-10-22-11-14/h3-11,13,16-18,21,24-25H,12H2,1-2H3,(H,23,28)/t13?,16-,17-,18-,21+,34+/m1/s1.